The van der Waals surface area contributed by atoms with E-state index in [0.717, 1.165) is 5.56 Å². The number of fused-ring (bicyclic) bond motifs is 1. The fourth-order valence-corrected chi connectivity index (χ4v) is 2.50. The van der Waals surface area contributed by atoms with Crippen molar-refractivity contribution in [3.05, 3.63) is 63.3 Å². The molecule has 0 atom stereocenters. The van der Waals surface area contributed by atoms with Gasteiger partial charge in [-0.3, -0.25) is 0 Å². The highest BCUT2D eigenvalue weighted by Gasteiger charge is 2.10. The Bertz CT molecular complexity index is 920. The summed E-state index contributed by atoms with van der Waals surface area (Å²) in [7, 11) is 3.15. The Morgan fingerprint density at radius 3 is 2.61 bits per heavy atom. The van der Waals surface area contributed by atoms with E-state index in [0.29, 0.717) is 39.7 Å². The van der Waals surface area contributed by atoms with Gasteiger partial charge in [-0.25, -0.2) is 9.78 Å². The fourth-order valence-electron chi connectivity index (χ4n) is 2.33. The number of hydrogen-bond donors (Lipinski definition) is 0. The molecule has 0 radical (unpaired) electrons. The second-order valence-corrected chi connectivity index (χ2v) is 5.36. The fraction of sp³-hybridized carbons (Fsp3) is 0.176. The molecule has 0 saturated heterocycles. The van der Waals surface area contributed by atoms with Gasteiger partial charge in [0.15, 0.2) is 11.5 Å². The van der Waals surface area contributed by atoms with Crippen LogP contribution >= 0.6 is 11.6 Å². The van der Waals surface area contributed by atoms with E-state index in [1.54, 1.807) is 38.5 Å². The summed E-state index contributed by atoms with van der Waals surface area (Å²) in [6.45, 7) is 0. The number of nitrogens with zero attached hydrogens (tertiary/aromatic N) is 1. The van der Waals surface area contributed by atoms with Crippen LogP contribution in [0.15, 0.2) is 45.6 Å². The Labute approximate surface area is 137 Å². The van der Waals surface area contributed by atoms with Gasteiger partial charge in [0, 0.05) is 11.4 Å². The minimum atomic E-state index is -0.451. The molecule has 1 aromatic heterocycles. The number of halogens is 1. The van der Waals surface area contributed by atoms with Crippen LogP contribution in [-0.4, -0.2) is 19.2 Å². The molecular formula is C17H14ClNO4. The van der Waals surface area contributed by atoms with Crippen LogP contribution in [0.3, 0.4) is 0 Å². The Balaban J connectivity index is 1.98. The molecule has 0 amide bonds. The summed E-state index contributed by atoms with van der Waals surface area (Å²) in [5, 5.41) is 0.841. The third-order valence-electron chi connectivity index (χ3n) is 3.44. The second-order valence-electron chi connectivity index (χ2n) is 4.92. The second kappa shape index (κ2) is 6.30. The number of benzene rings is 2. The van der Waals surface area contributed by atoms with Crippen LogP contribution in [0.2, 0.25) is 5.02 Å². The lowest BCUT2D eigenvalue weighted by molar-refractivity contribution is 0.354. The van der Waals surface area contributed by atoms with Crippen molar-refractivity contribution in [3.63, 3.8) is 0 Å². The summed E-state index contributed by atoms with van der Waals surface area (Å²) >= 11 is 5.89. The van der Waals surface area contributed by atoms with E-state index >= 15 is 0 Å². The van der Waals surface area contributed by atoms with Crippen LogP contribution in [0.4, 0.5) is 0 Å². The summed E-state index contributed by atoms with van der Waals surface area (Å²) < 4.78 is 15.8. The first-order chi connectivity index (χ1) is 11.1. The standard InChI is InChI=1S/C17H14ClNO4/c1-21-14-6-3-10(7-15(14)22-2)8-16-19-13-5-4-11(18)9-12(13)17(20)23-16/h3-7,9H,8H2,1-2H3. The van der Waals surface area contributed by atoms with Gasteiger partial charge in [-0.05, 0) is 35.9 Å². The summed E-state index contributed by atoms with van der Waals surface area (Å²) in [6.07, 6.45) is 0.369. The van der Waals surface area contributed by atoms with Gasteiger partial charge >= 0.3 is 5.63 Å². The van der Waals surface area contributed by atoms with E-state index in [1.165, 1.54) is 0 Å². The average Bonchev–Trinajstić information content (AvgIpc) is 2.55. The van der Waals surface area contributed by atoms with Crippen molar-refractivity contribution < 1.29 is 13.9 Å². The van der Waals surface area contributed by atoms with E-state index in [9.17, 15) is 4.79 Å². The molecule has 3 aromatic rings. The zero-order valence-electron chi connectivity index (χ0n) is 12.6. The molecule has 0 bridgehead atoms. The SMILES string of the molecule is COc1ccc(Cc2nc3ccc(Cl)cc3c(=O)o2)cc1OC. The lowest BCUT2D eigenvalue weighted by Gasteiger charge is -2.09. The van der Waals surface area contributed by atoms with Crippen molar-refractivity contribution in [1.29, 1.82) is 0 Å². The van der Waals surface area contributed by atoms with Crippen LogP contribution in [0.5, 0.6) is 11.5 Å². The van der Waals surface area contributed by atoms with Gasteiger partial charge in [-0.15, -0.1) is 0 Å². The lowest BCUT2D eigenvalue weighted by Crippen LogP contribution is -2.06. The van der Waals surface area contributed by atoms with Gasteiger partial charge in [-0.2, -0.15) is 0 Å². The summed E-state index contributed by atoms with van der Waals surface area (Å²) in [5.74, 6) is 1.58. The van der Waals surface area contributed by atoms with Crippen molar-refractivity contribution in [2.45, 2.75) is 6.42 Å². The molecular weight excluding hydrogens is 318 g/mol. The molecule has 6 heteroatoms. The highest BCUT2D eigenvalue weighted by molar-refractivity contribution is 6.31. The molecule has 0 aliphatic rings. The van der Waals surface area contributed by atoms with Crippen LogP contribution in [0.25, 0.3) is 10.9 Å². The topological polar surface area (TPSA) is 61.6 Å². The largest absolute Gasteiger partial charge is 0.493 e. The number of hydrogen-bond acceptors (Lipinski definition) is 5. The summed E-state index contributed by atoms with van der Waals surface area (Å²) in [4.78, 5) is 16.4. The van der Waals surface area contributed by atoms with Crippen molar-refractivity contribution in [2.24, 2.45) is 0 Å². The summed E-state index contributed by atoms with van der Waals surface area (Å²) in [6, 6.07) is 10.4. The number of rotatable bonds is 4. The molecule has 1 heterocycles. The van der Waals surface area contributed by atoms with Gasteiger partial charge in [0.1, 0.15) is 0 Å². The minimum absolute atomic E-state index is 0.331. The van der Waals surface area contributed by atoms with Crippen molar-refractivity contribution in [2.75, 3.05) is 14.2 Å². The van der Waals surface area contributed by atoms with Gasteiger partial charge < -0.3 is 13.9 Å². The Morgan fingerprint density at radius 2 is 1.87 bits per heavy atom. The maximum absolute atomic E-state index is 12.1. The number of ether oxygens (including phenoxy) is 2. The minimum Gasteiger partial charge on any atom is -0.493 e. The molecule has 2 aromatic carbocycles. The first kappa shape index (κ1) is 15.4. The first-order valence-corrected chi connectivity index (χ1v) is 7.28. The zero-order valence-corrected chi connectivity index (χ0v) is 13.4. The van der Waals surface area contributed by atoms with Gasteiger partial charge in [0.05, 0.1) is 25.1 Å². The Kier molecular flexibility index (Phi) is 4.21. The molecule has 0 spiro atoms. The van der Waals surface area contributed by atoms with Crippen molar-refractivity contribution in [3.8, 4) is 11.5 Å². The van der Waals surface area contributed by atoms with E-state index in [1.807, 2.05) is 12.1 Å². The highest BCUT2D eigenvalue weighted by Crippen LogP contribution is 2.28. The van der Waals surface area contributed by atoms with E-state index < -0.39 is 5.63 Å². The third kappa shape index (κ3) is 3.14. The third-order valence-corrected chi connectivity index (χ3v) is 3.67. The Hall–Kier alpha value is -2.53. The van der Waals surface area contributed by atoms with Crippen LogP contribution in [0.1, 0.15) is 11.5 Å². The normalized spacial score (nSPS) is 10.7. The predicted octanol–water partition coefficient (Wildman–Crippen LogP) is 3.45. The first-order valence-electron chi connectivity index (χ1n) is 6.91. The van der Waals surface area contributed by atoms with Crippen LogP contribution < -0.4 is 15.1 Å². The number of aromatic nitrogens is 1. The molecule has 0 fully saturated rings. The molecule has 23 heavy (non-hydrogen) atoms. The quantitative estimate of drug-likeness (QED) is 0.732. The zero-order chi connectivity index (χ0) is 16.4. The molecule has 0 N–H and O–H groups in total. The number of methoxy groups -OCH3 is 2. The smallest absolute Gasteiger partial charge is 0.346 e. The lowest BCUT2D eigenvalue weighted by atomic mass is 10.1. The van der Waals surface area contributed by atoms with Crippen LogP contribution in [0, 0.1) is 0 Å². The summed E-state index contributed by atoms with van der Waals surface area (Å²) in [5.41, 5.74) is 1.00. The predicted molar refractivity (Wildman–Crippen MR) is 87.6 cm³/mol. The maximum atomic E-state index is 12.1. The van der Waals surface area contributed by atoms with Gasteiger partial charge in [0.2, 0.25) is 5.89 Å². The monoisotopic (exact) mass is 331 g/mol. The van der Waals surface area contributed by atoms with Gasteiger partial charge in [0.25, 0.3) is 0 Å². The van der Waals surface area contributed by atoms with Gasteiger partial charge in [-0.1, -0.05) is 17.7 Å². The highest BCUT2D eigenvalue weighted by atomic mass is 35.5. The molecule has 5 nitrogen and oxygen atoms in total. The molecule has 0 saturated carbocycles. The van der Waals surface area contributed by atoms with Crippen molar-refractivity contribution in [1.82, 2.24) is 4.98 Å². The maximum Gasteiger partial charge on any atom is 0.346 e. The molecule has 118 valence electrons. The average molecular weight is 332 g/mol. The van der Waals surface area contributed by atoms with E-state index in [4.69, 9.17) is 25.5 Å². The molecule has 0 unspecified atom stereocenters. The molecule has 0 aliphatic heterocycles. The van der Waals surface area contributed by atoms with Crippen molar-refractivity contribution >= 4 is 22.5 Å². The molecule has 0 aliphatic carbocycles. The van der Waals surface area contributed by atoms with Crippen LogP contribution in [-0.2, 0) is 6.42 Å². The Morgan fingerprint density at radius 1 is 1.09 bits per heavy atom. The molecule has 3 rings (SSSR count). The van der Waals surface area contributed by atoms with E-state index in [-0.39, 0.29) is 0 Å². The van der Waals surface area contributed by atoms with E-state index in [2.05, 4.69) is 4.98 Å².